The highest BCUT2D eigenvalue weighted by Crippen LogP contribution is 2.35. The molecule has 0 amide bonds. The molecule has 8 nitrogen and oxygen atoms in total. The number of hydrogen-bond acceptors (Lipinski definition) is 6. The van der Waals surface area contributed by atoms with Gasteiger partial charge in [-0.3, -0.25) is 9.32 Å². The molecule has 48 heavy (non-hydrogen) atoms. The van der Waals surface area contributed by atoms with E-state index in [0.717, 1.165) is 57.8 Å². The predicted octanol–water partition coefficient (Wildman–Crippen LogP) is 10.7. The van der Waals surface area contributed by atoms with Gasteiger partial charge < -0.3 is 24.4 Å². The van der Waals surface area contributed by atoms with Crippen molar-refractivity contribution in [3.8, 4) is 0 Å². The fourth-order valence-corrected chi connectivity index (χ4v) is 5.21. The average Bonchev–Trinajstić information content (AvgIpc) is 3.06. The molecule has 0 heterocycles. The molecular formula is C39H69O8P. The predicted molar refractivity (Wildman–Crippen MR) is 198 cm³/mol. The Morgan fingerprint density at radius 2 is 1.15 bits per heavy atom. The zero-order valence-electron chi connectivity index (χ0n) is 30.2. The van der Waals surface area contributed by atoms with E-state index in [4.69, 9.17) is 19.3 Å². The summed E-state index contributed by atoms with van der Waals surface area (Å²) in [5, 5.41) is 9.53. The number of ether oxygens (including phenoxy) is 2. The van der Waals surface area contributed by atoms with Crippen LogP contribution in [-0.2, 0) is 23.4 Å². The highest BCUT2D eigenvalue weighted by atomic mass is 31.2. The monoisotopic (exact) mass is 696 g/mol. The Kier molecular flexibility index (Phi) is 33.5. The number of carbonyl (C=O) groups excluding carboxylic acids is 1. The number of esters is 1. The van der Waals surface area contributed by atoms with Crippen molar-refractivity contribution in [3.63, 3.8) is 0 Å². The van der Waals surface area contributed by atoms with Gasteiger partial charge in [0.25, 0.3) is 0 Å². The summed E-state index contributed by atoms with van der Waals surface area (Å²) in [6, 6.07) is 0. The summed E-state index contributed by atoms with van der Waals surface area (Å²) in [6.45, 7) is 3.77. The number of hydrogen-bond donors (Lipinski definition) is 3. The molecule has 0 rings (SSSR count). The molecule has 0 aromatic heterocycles. The number of allylic oxidation sites excluding steroid dienone is 9. The first kappa shape index (κ1) is 46.0. The Labute approximate surface area is 293 Å². The summed E-state index contributed by atoms with van der Waals surface area (Å²) in [5.41, 5.74) is 0. The molecule has 0 saturated carbocycles. The van der Waals surface area contributed by atoms with Gasteiger partial charge in [-0.05, 0) is 70.3 Å². The van der Waals surface area contributed by atoms with Crippen LogP contribution in [0.15, 0.2) is 60.9 Å². The Hall–Kier alpha value is -1.96. The number of carbonyl (C=O) groups is 1. The molecule has 0 aliphatic heterocycles. The van der Waals surface area contributed by atoms with Crippen molar-refractivity contribution in [2.24, 2.45) is 0 Å². The van der Waals surface area contributed by atoms with Crippen LogP contribution in [0.5, 0.6) is 0 Å². The average molecular weight is 697 g/mol. The minimum atomic E-state index is -4.69. The highest BCUT2D eigenvalue weighted by Gasteiger charge is 2.21. The zero-order valence-corrected chi connectivity index (χ0v) is 31.1. The van der Waals surface area contributed by atoms with E-state index in [9.17, 15) is 14.5 Å². The molecule has 0 saturated heterocycles. The third kappa shape index (κ3) is 36.9. The molecule has 0 aromatic carbocycles. The molecule has 278 valence electrons. The topological polar surface area (TPSA) is 123 Å². The van der Waals surface area contributed by atoms with Gasteiger partial charge in [-0.2, -0.15) is 0 Å². The zero-order chi connectivity index (χ0) is 35.4. The van der Waals surface area contributed by atoms with Gasteiger partial charge in [0.15, 0.2) is 6.10 Å². The van der Waals surface area contributed by atoms with Crippen LogP contribution in [-0.4, -0.2) is 46.3 Å². The lowest BCUT2D eigenvalue weighted by Crippen LogP contribution is -2.27. The molecule has 0 unspecified atom stereocenters. The molecule has 0 aliphatic rings. The Balaban J connectivity index is 4.03. The molecule has 0 fully saturated rings. The number of unbranched alkanes of at least 4 members (excludes halogenated alkanes) is 13. The summed E-state index contributed by atoms with van der Waals surface area (Å²) >= 11 is 0. The third-order valence-corrected chi connectivity index (χ3v) is 8.28. The lowest BCUT2D eigenvalue weighted by Gasteiger charge is -2.17. The smallest absolute Gasteiger partial charge is 0.469 e. The lowest BCUT2D eigenvalue weighted by molar-refractivity contribution is -0.153. The standard InChI is InChI=1S/C39H69O8P/c1-3-5-6-7-8-9-10-11-16-19-22-25-28-31-34-45-35-38(36-46-48(42,43)44)47-39(41)33-30-27-24-21-18-15-13-12-14-17-20-23-26-29-32-37(40)4-2/h13-15,17,21,23-24,26,31,34,37-38,40H,3-12,16,18-20,22,25,27-30,32-33,35-36H2,1-2H3,(H2,42,43,44)/b15-13-,17-14-,24-21-,26-23-,34-31+/t37-,38-/m1/s1. The fraction of sp³-hybridized carbons (Fsp3) is 0.718. The van der Waals surface area contributed by atoms with E-state index in [1.807, 2.05) is 19.1 Å². The first-order valence-corrected chi connectivity index (χ1v) is 20.3. The molecule has 0 spiro atoms. The first-order chi connectivity index (χ1) is 23.3. The van der Waals surface area contributed by atoms with E-state index in [1.165, 1.54) is 70.6 Å². The van der Waals surface area contributed by atoms with Gasteiger partial charge >= 0.3 is 13.8 Å². The van der Waals surface area contributed by atoms with Gasteiger partial charge in [-0.25, -0.2) is 4.57 Å². The van der Waals surface area contributed by atoms with Gasteiger partial charge in [0.2, 0.25) is 0 Å². The van der Waals surface area contributed by atoms with Crippen molar-refractivity contribution < 1.29 is 38.3 Å². The second kappa shape index (κ2) is 34.9. The van der Waals surface area contributed by atoms with Crippen molar-refractivity contribution in [2.75, 3.05) is 13.2 Å². The molecule has 0 aromatic rings. The summed E-state index contributed by atoms with van der Waals surface area (Å²) in [6.07, 6.45) is 42.5. The van der Waals surface area contributed by atoms with Crippen LogP contribution in [0, 0.1) is 0 Å². The quantitative estimate of drug-likeness (QED) is 0.0200. The number of aliphatic hydroxyl groups excluding tert-OH is 1. The number of phosphoric acid groups is 1. The number of phosphoric ester groups is 1. The van der Waals surface area contributed by atoms with Crippen LogP contribution in [0.1, 0.15) is 155 Å². The molecule has 3 N–H and O–H groups in total. The molecule has 9 heteroatoms. The highest BCUT2D eigenvalue weighted by molar-refractivity contribution is 7.46. The van der Waals surface area contributed by atoms with Crippen LogP contribution in [0.4, 0.5) is 0 Å². The molecule has 2 atom stereocenters. The van der Waals surface area contributed by atoms with Crippen molar-refractivity contribution >= 4 is 13.8 Å². The fourth-order valence-electron chi connectivity index (χ4n) is 4.85. The van der Waals surface area contributed by atoms with Gasteiger partial charge in [-0.15, -0.1) is 0 Å². The summed E-state index contributed by atoms with van der Waals surface area (Å²) in [5.74, 6) is -0.452. The van der Waals surface area contributed by atoms with Crippen LogP contribution in [0.3, 0.4) is 0 Å². The second-order valence-electron chi connectivity index (χ2n) is 12.4. The van der Waals surface area contributed by atoms with Crippen LogP contribution in [0.25, 0.3) is 0 Å². The Bertz CT molecular complexity index is 921. The van der Waals surface area contributed by atoms with Gasteiger partial charge in [-0.1, -0.05) is 133 Å². The van der Waals surface area contributed by atoms with E-state index in [2.05, 4.69) is 54.0 Å². The van der Waals surface area contributed by atoms with Crippen LogP contribution >= 0.6 is 7.82 Å². The van der Waals surface area contributed by atoms with Crippen molar-refractivity contribution in [1.29, 1.82) is 0 Å². The normalized spacial score (nSPS) is 13.9. The van der Waals surface area contributed by atoms with E-state index in [-0.39, 0.29) is 19.1 Å². The van der Waals surface area contributed by atoms with Crippen molar-refractivity contribution in [1.82, 2.24) is 0 Å². The van der Waals surface area contributed by atoms with E-state index < -0.39 is 26.5 Å². The number of aliphatic hydroxyl groups is 1. The second-order valence-corrected chi connectivity index (χ2v) is 13.6. The SMILES string of the molecule is CCCCCCCCCCCCCC/C=C/OC[C@H](COP(=O)(O)O)OC(=O)CCC/C=C\C/C=C\C/C=C\C/C=C\CC[C@H](O)CC. The lowest BCUT2D eigenvalue weighted by atomic mass is 10.0. The summed E-state index contributed by atoms with van der Waals surface area (Å²) in [4.78, 5) is 30.4. The summed E-state index contributed by atoms with van der Waals surface area (Å²) in [7, 11) is -4.69. The minimum Gasteiger partial charge on any atom is -0.498 e. The summed E-state index contributed by atoms with van der Waals surface area (Å²) < 4.78 is 26.6. The van der Waals surface area contributed by atoms with Crippen molar-refractivity contribution in [2.45, 2.75) is 167 Å². The number of rotatable bonds is 34. The van der Waals surface area contributed by atoms with E-state index in [1.54, 1.807) is 6.26 Å². The maximum atomic E-state index is 12.3. The van der Waals surface area contributed by atoms with Gasteiger partial charge in [0, 0.05) is 6.42 Å². The molecule has 0 radical (unpaired) electrons. The van der Waals surface area contributed by atoms with E-state index >= 15 is 0 Å². The van der Waals surface area contributed by atoms with Crippen LogP contribution < -0.4 is 0 Å². The third-order valence-electron chi connectivity index (χ3n) is 7.80. The van der Waals surface area contributed by atoms with Crippen LogP contribution in [0.2, 0.25) is 0 Å². The Morgan fingerprint density at radius 3 is 1.69 bits per heavy atom. The molecule has 0 bridgehead atoms. The van der Waals surface area contributed by atoms with Crippen molar-refractivity contribution in [3.05, 3.63) is 60.9 Å². The molecule has 0 aliphatic carbocycles. The molecular weight excluding hydrogens is 627 g/mol. The Morgan fingerprint density at radius 1 is 0.646 bits per heavy atom. The van der Waals surface area contributed by atoms with Gasteiger partial charge in [0.05, 0.1) is 19.0 Å². The minimum absolute atomic E-state index is 0.0388. The first-order valence-electron chi connectivity index (χ1n) is 18.7. The van der Waals surface area contributed by atoms with E-state index in [0.29, 0.717) is 6.42 Å². The maximum absolute atomic E-state index is 12.3. The van der Waals surface area contributed by atoms with Gasteiger partial charge in [0.1, 0.15) is 6.61 Å². The largest absolute Gasteiger partial charge is 0.498 e. The maximum Gasteiger partial charge on any atom is 0.469 e.